The van der Waals surface area contributed by atoms with Gasteiger partial charge >= 0.3 is 5.69 Å². The average Bonchev–Trinajstić information content (AvgIpc) is 2.68. The summed E-state index contributed by atoms with van der Waals surface area (Å²) < 4.78 is 1.47. The maximum atomic E-state index is 11.2. The van der Waals surface area contributed by atoms with Gasteiger partial charge in [-0.15, -0.1) is 0 Å². The molecule has 21 heavy (non-hydrogen) atoms. The molecule has 0 aliphatic heterocycles. The van der Waals surface area contributed by atoms with Gasteiger partial charge in [0.05, 0.1) is 4.92 Å². The van der Waals surface area contributed by atoms with Gasteiger partial charge in [-0.1, -0.05) is 11.6 Å². The first-order valence-electron chi connectivity index (χ1n) is 6.16. The van der Waals surface area contributed by atoms with E-state index in [1.54, 1.807) is 37.9 Å². The fourth-order valence-corrected chi connectivity index (χ4v) is 2.87. The third-order valence-electron chi connectivity index (χ3n) is 2.98. The lowest BCUT2D eigenvalue weighted by molar-refractivity contribution is -0.384. The lowest BCUT2D eigenvalue weighted by Gasteiger charge is -2.09. The third-order valence-corrected chi connectivity index (χ3v) is 3.95. The second-order valence-corrected chi connectivity index (χ2v) is 5.80. The Kier molecular flexibility index (Phi) is 4.74. The Hall–Kier alpha value is -1.73. The molecule has 0 fully saturated rings. The van der Waals surface area contributed by atoms with Gasteiger partial charge in [-0.2, -0.15) is 16.9 Å². The standard InChI is InChI=1S/C13H15ClN4O2S/c1-8-12(18(19)20)13(17(2)16-8)15-10-4-5-11(14)9(6-10)7-21-3/h4-6,15H,7H2,1-3H3. The number of aryl methyl sites for hydroxylation is 2. The smallest absolute Gasteiger partial charge is 0.334 e. The quantitative estimate of drug-likeness (QED) is 0.666. The van der Waals surface area contributed by atoms with Gasteiger partial charge in [-0.3, -0.25) is 10.1 Å². The largest absolute Gasteiger partial charge is 0.335 e. The lowest BCUT2D eigenvalue weighted by Crippen LogP contribution is -2.02. The molecule has 2 rings (SSSR count). The van der Waals surface area contributed by atoms with Crippen molar-refractivity contribution in [1.82, 2.24) is 9.78 Å². The van der Waals surface area contributed by atoms with Crippen molar-refractivity contribution in [1.29, 1.82) is 0 Å². The molecule has 1 N–H and O–H groups in total. The van der Waals surface area contributed by atoms with Crippen molar-refractivity contribution in [3.8, 4) is 0 Å². The van der Waals surface area contributed by atoms with Crippen LogP contribution in [0.4, 0.5) is 17.2 Å². The van der Waals surface area contributed by atoms with Crippen LogP contribution in [0.5, 0.6) is 0 Å². The van der Waals surface area contributed by atoms with Gasteiger partial charge in [0.25, 0.3) is 0 Å². The van der Waals surface area contributed by atoms with Gasteiger partial charge in [-0.25, -0.2) is 4.68 Å². The fraction of sp³-hybridized carbons (Fsp3) is 0.308. The summed E-state index contributed by atoms with van der Waals surface area (Å²) in [5, 5.41) is 19.0. The molecular formula is C13H15ClN4O2S. The van der Waals surface area contributed by atoms with Crippen molar-refractivity contribution < 1.29 is 4.92 Å². The third kappa shape index (κ3) is 3.30. The number of aromatic nitrogens is 2. The molecular weight excluding hydrogens is 312 g/mol. The Bertz CT molecular complexity index is 687. The number of nitrogens with zero attached hydrogens (tertiary/aromatic N) is 3. The van der Waals surface area contributed by atoms with E-state index in [2.05, 4.69) is 10.4 Å². The minimum atomic E-state index is -0.427. The number of nitrogens with one attached hydrogen (secondary N) is 1. The number of benzene rings is 1. The summed E-state index contributed by atoms with van der Waals surface area (Å²) in [6.45, 7) is 1.62. The van der Waals surface area contributed by atoms with Crippen LogP contribution < -0.4 is 5.32 Å². The summed E-state index contributed by atoms with van der Waals surface area (Å²) in [6, 6.07) is 5.47. The van der Waals surface area contributed by atoms with E-state index in [1.807, 2.05) is 12.3 Å². The van der Waals surface area contributed by atoms with Gasteiger partial charge in [-0.05, 0) is 36.9 Å². The first kappa shape index (κ1) is 15.7. The first-order chi connectivity index (χ1) is 9.93. The molecule has 0 radical (unpaired) electrons. The number of hydrogen-bond acceptors (Lipinski definition) is 5. The molecule has 0 saturated heterocycles. The topological polar surface area (TPSA) is 73.0 Å². The highest BCUT2D eigenvalue weighted by Crippen LogP contribution is 2.31. The SMILES string of the molecule is CSCc1cc(Nc2c([N+](=O)[O-])c(C)nn2C)ccc1Cl. The Morgan fingerprint density at radius 2 is 2.24 bits per heavy atom. The van der Waals surface area contributed by atoms with E-state index in [1.165, 1.54) is 4.68 Å². The Morgan fingerprint density at radius 3 is 2.86 bits per heavy atom. The summed E-state index contributed by atoms with van der Waals surface area (Å²) >= 11 is 7.79. The number of anilines is 2. The molecule has 1 aromatic heterocycles. The normalized spacial score (nSPS) is 10.7. The Balaban J connectivity index is 2.39. The molecule has 0 aliphatic rings. The lowest BCUT2D eigenvalue weighted by atomic mass is 10.2. The van der Waals surface area contributed by atoms with E-state index in [-0.39, 0.29) is 5.69 Å². The summed E-state index contributed by atoms with van der Waals surface area (Å²) in [7, 11) is 1.67. The van der Waals surface area contributed by atoms with E-state index in [0.717, 1.165) is 17.0 Å². The number of rotatable bonds is 5. The molecule has 2 aromatic rings. The van der Waals surface area contributed by atoms with E-state index in [4.69, 9.17) is 11.6 Å². The van der Waals surface area contributed by atoms with Crippen LogP contribution in [-0.4, -0.2) is 21.0 Å². The van der Waals surface area contributed by atoms with Crippen LogP contribution in [0.2, 0.25) is 5.02 Å². The van der Waals surface area contributed by atoms with Gasteiger partial charge in [0.1, 0.15) is 5.69 Å². The van der Waals surface area contributed by atoms with Crippen molar-refractivity contribution in [2.24, 2.45) is 7.05 Å². The van der Waals surface area contributed by atoms with Crippen molar-refractivity contribution in [3.63, 3.8) is 0 Å². The highest BCUT2D eigenvalue weighted by Gasteiger charge is 2.24. The predicted molar refractivity (Wildman–Crippen MR) is 86.6 cm³/mol. The summed E-state index contributed by atoms with van der Waals surface area (Å²) in [4.78, 5) is 10.7. The summed E-state index contributed by atoms with van der Waals surface area (Å²) in [5.41, 5.74) is 2.09. The molecule has 8 heteroatoms. The summed E-state index contributed by atoms with van der Waals surface area (Å²) in [6.07, 6.45) is 1.99. The number of hydrogen-bond donors (Lipinski definition) is 1. The van der Waals surface area contributed by atoms with E-state index in [9.17, 15) is 10.1 Å². The molecule has 0 amide bonds. The molecule has 1 aromatic carbocycles. The van der Waals surface area contributed by atoms with Crippen molar-refractivity contribution in [2.75, 3.05) is 11.6 Å². The minimum absolute atomic E-state index is 0.0149. The van der Waals surface area contributed by atoms with Crippen molar-refractivity contribution in [3.05, 3.63) is 44.6 Å². The zero-order valence-electron chi connectivity index (χ0n) is 11.9. The molecule has 0 bridgehead atoms. The van der Waals surface area contributed by atoms with Crippen LogP contribution in [0.1, 0.15) is 11.3 Å². The van der Waals surface area contributed by atoms with Gasteiger partial charge < -0.3 is 5.32 Å². The molecule has 6 nitrogen and oxygen atoms in total. The van der Waals surface area contributed by atoms with Crippen molar-refractivity contribution >= 4 is 40.6 Å². The second kappa shape index (κ2) is 6.36. The molecule has 0 unspecified atom stereocenters. The molecule has 0 aliphatic carbocycles. The van der Waals surface area contributed by atoms with E-state index < -0.39 is 4.92 Å². The molecule has 0 spiro atoms. The van der Waals surface area contributed by atoms with Crippen LogP contribution >= 0.6 is 23.4 Å². The molecule has 112 valence electrons. The highest BCUT2D eigenvalue weighted by molar-refractivity contribution is 7.97. The monoisotopic (exact) mass is 326 g/mol. The van der Waals surface area contributed by atoms with Crippen LogP contribution in [0.15, 0.2) is 18.2 Å². The molecule has 0 saturated carbocycles. The van der Waals surface area contributed by atoms with E-state index >= 15 is 0 Å². The van der Waals surface area contributed by atoms with Crippen LogP contribution in [0.3, 0.4) is 0 Å². The van der Waals surface area contributed by atoms with Gasteiger partial charge in [0.15, 0.2) is 0 Å². The maximum absolute atomic E-state index is 11.2. The number of halogens is 1. The Labute approximate surface area is 131 Å². The molecule has 1 heterocycles. The van der Waals surface area contributed by atoms with Crippen LogP contribution in [0, 0.1) is 17.0 Å². The van der Waals surface area contributed by atoms with Crippen LogP contribution in [0.25, 0.3) is 0 Å². The summed E-state index contributed by atoms with van der Waals surface area (Å²) in [5.74, 6) is 1.14. The van der Waals surface area contributed by atoms with Crippen molar-refractivity contribution in [2.45, 2.75) is 12.7 Å². The van der Waals surface area contributed by atoms with E-state index in [0.29, 0.717) is 16.5 Å². The average molecular weight is 327 g/mol. The number of nitro groups is 1. The Morgan fingerprint density at radius 1 is 1.52 bits per heavy atom. The first-order valence-corrected chi connectivity index (χ1v) is 7.93. The molecule has 0 atom stereocenters. The fourth-order valence-electron chi connectivity index (χ4n) is 2.06. The van der Waals surface area contributed by atoms with Gasteiger partial charge in [0.2, 0.25) is 5.82 Å². The maximum Gasteiger partial charge on any atom is 0.334 e. The van der Waals surface area contributed by atoms with Gasteiger partial charge in [0, 0.05) is 23.5 Å². The number of thioether (sulfide) groups is 1. The van der Waals surface area contributed by atoms with Crippen LogP contribution in [-0.2, 0) is 12.8 Å². The second-order valence-electron chi connectivity index (χ2n) is 4.53. The highest BCUT2D eigenvalue weighted by atomic mass is 35.5. The zero-order valence-corrected chi connectivity index (χ0v) is 13.5. The predicted octanol–water partition coefficient (Wildman–Crippen LogP) is 3.90. The minimum Gasteiger partial charge on any atom is -0.335 e. The zero-order chi connectivity index (χ0) is 15.6.